The van der Waals surface area contributed by atoms with Crippen LogP contribution in [0.4, 0.5) is 0 Å². The third-order valence-electron chi connectivity index (χ3n) is 3.31. The van der Waals surface area contributed by atoms with Gasteiger partial charge < -0.3 is 10.1 Å². The maximum atomic E-state index is 6.18. The Bertz CT molecular complexity index is 595. The van der Waals surface area contributed by atoms with E-state index in [-0.39, 0.29) is 6.04 Å². The van der Waals surface area contributed by atoms with Crippen LogP contribution in [0.2, 0.25) is 5.02 Å². The second-order valence-corrected chi connectivity index (χ2v) is 6.07. The van der Waals surface area contributed by atoms with Gasteiger partial charge in [0, 0.05) is 17.6 Å². The third-order valence-corrected chi connectivity index (χ3v) is 4.16. The second-order valence-electron chi connectivity index (χ2n) is 4.77. The number of aryl methyl sites for hydroxylation is 1. The van der Waals surface area contributed by atoms with Gasteiger partial charge in [-0.1, -0.05) is 18.5 Å². The minimum absolute atomic E-state index is 0.0412. The van der Waals surface area contributed by atoms with Crippen LogP contribution >= 0.6 is 27.5 Å². The lowest BCUT2D eigenvalue weighted by Gasteiger charge is -2.22. The fourth-order valence-electron chi connectivity index (χ4n) is 2.32. The molecule has 0 aliphatic rings. The number of aromatic nitrogens is 2. The molecule has 0 fully saturated rings. The minimum atomic E-state index is -0.0412. The van der Waals surface area contributed by atoms with Crippen molar-refractivity contribution in [1.29, 1.82) is 0 Å². The first kappa shape index (κ1) is 16.3. The van der Waals surface area contributed by atoms with E-state index in [9.17, 15) is 0 Å². The number of benzene rings is 1. The Morgan fingerprint density at radius 3 is 2.81 bits per heavy atom. The Morgan fingerprint density at radius 2 is 2.24 bits per heavy atom. The molecule has 0 aliphatic carbocycles. The van der Waals surface area contributed by atoms with E-state index in [0.29, 0.717) is 5.02 Å². The molecule has 0 bridgehead atoms. The van der Waals surface area contributed by atoms with E-state index in [2.05, 4.69) is 33.3 Å². The summed E-state index contributed by atoms with van der Waals surface area (Å²) in [6.07, 6.45) is 2.84. The molecule has 1 N–H and O–H groups in total. The predicted molar refractivity (Wildman–Crippen MR) is 89.0 cm³/mol. The molecule has 1 heterocycles. The van der Waals surface area contributed by atoms with Crippen LogP contribution in [0.25, 0.3) is 0 Å². The van der Waals surface area contributed by atoms with Gasteiger partial charge in [-0.25, -0.2) is 0 Å². The number of halogens is 2. The van der Waals surface area contributed by atoms with Crippen LogP contribution in [0.5, 0.6) is 5.75 Å². The summed E-state index contributed by atoms with van der Waals surface area (Å²) in [6.45, 7) is 3.02. The number of nitrogens with one attached hydrogen (secondary N) is 1. The zero-order chi connectivity index (χ0) is 15.4. The summed E-state index contributed by atoms with van der Waals surface area (Å²) in [4.78, 5) is 0. The number of nitrogens with zero attached hydrogens (tertiary/aromatic N) is 2. The molecule has 114 valence electrons. The molecule has 1 aromatic heterocycles. The monoisotopic (exact) mass is 371 g/mol. The van der Waals surface area contributed by atoms with E-state index in [0.717, 1.165) is 34.4 Å². The highest BCUT2D eigenvalue weighted by Crippen LogP contribution is 2.35. The summed E-state index contributed by atoms with van der Waals surface area (Å²) in [5.74, 6) is 0.807. The van der Waals surface area contributed by atoms with Crippen LogP contribution in [0.1, 0.15) is 30.6 Å². The van der Waals surface area contributed by atoms with Crippen molar-refractivity contribution in [2.45, 2.75) is 19.4 Å². The van der Waals surface area contributed by atoms with Crippen LogP contribution in [0, 0.1) is 0 Å². The lowest BCUT2D eigenvalue weighted by atomic mass is 10.0. The molecular weight excluding hydrogens is 354 g/mol. The number of hydrogen-bond acceptors (Lipinski definition) is 3. The predicted octanol–water partition coefficient (Wildman–Crippen LogP) is 3.93. The van der Waals surface area contributed by atoms with Gasteiger partial charge in [0.1, 0.15) is 5.75 Å². The molecule has 1 unspecified atom stereocenters. The van der Waals surface area contributed by atoms with E-state index in [1.807, 2.05) is 29.9 Å². The summed E-state index contributed by atoms with van der Waals surface area (Å²) in [5, 5.41) is 8.53. The Morgan fingerprint density at radius 1 is 1.48 bits per heavy atom. The summed E-state index contributed by atoms with van der Waals surface area (Å²) in [5.41, 5.74) is 2.05. The minimum Gasteiger partial charge on any atom is -0.496 e. The highest BCUT2D eigenvalue weighted by Gasteiger charge is 2.23. The van der Waals surface area contributed by atoms with Gasteiger partial charge in [0.05, 0.1) is 29.5 Å². The molecule has 6 heteroatoms. The zero-order valence-corrected chi connectivity index (χ0v) is 14.7. The van der Waals surface area contributed by atoms with Crippen molar-refractivity contribution in [2.75, 3.05) is 13.7 Å². The van der Waals surface area contributed by atoms with Gasteiger partial charge in [-0.3, -0.25) is 4.68 Å². The topological polar surface area (TPSA) is 39.1 Å². The molecule has 0 amide bonds. The lowest BCUT2D eigenvalue weighted by Crippen LogP contribution is -2.26. The van der Waals surface area contributed by atoms with Crippen LogP contribution in [-0.2, 0) is 7.05 Å². The van der Waals surface area contributed by atoms with Crippen molar-refractivity contribution in [2.24, 2.45) is 7.05 Å². The SMILES string of the molecule is CCCNC(c1cc(Cl)ccc1OC)c1c(Br)cnn1C. The van der Waals surface area contributed by atoms with Crippen LogP contribution < -0.4 is 10.1 Å². The van der Waals surface area contributed by atoms with E-state index >= 15 is 0 Å². The lowest BCUT2D eigenvalue weighted by molar-refractivity contribution is 0.402. The molecule has 1 aromatic carbocycles. The van der Waals surface area contributed by atoms with Crippen LogP contribution in [-0.4, -0.2) is 23.4 Å². The van der Waals surface area contributed by atoms with Crippen LogP contribution in [0.15, 0.2) is 28.9 Å². The smallest absolute Gasteiger partial charge is 0.124 e. The van der Waals surface area contributed by atoms with Gasteiger partial charge in [0.2, 0.25) is 0 Å². The van der Waals surface area contributed by atoms with Crippen molar-refractivity contribution in [1.82, 2.24) is 15.1 Å². The zero-order valence-electron chi connectivity index (χ0n) is 12.4. The summed E-state index contributed by atoms with van der Waals surface area (Å²) < 4.78 is 8.31. The molecule has 2 aromatic rings. The first-order chi connectivity index (χ1) is 10.1. The number of rotatable bonds is 6. The van der Waals surface area contributed by atoms with Gasteiger partial charge in [0.25, 0.3) is 0 Å². The van der Waals surface area contributed by atoms with E-state index in [1.165, 1.54) is 0 Å². The maximum absolute atomic E-state index is 6.18. The fraction of sp³-hybridized carbons (Fsp3) is 0.400. The molecule has 0 spiro atoms. The normalized spacial score (nSPS) is 12.4. The Balaban J connectivity index is 2.53. The molecule has 2 rings (SSSR count). The molecule has 4 nitrogen and oxygen atoms in total. The van der Waals surface area contributed by atoms with E-state index in [4.69, 9.17) is 16.3 Å². The largest absolute Gasteiger partial charge is 0.496 e. The quantitative estimate of drug-likeness (QED) is 0.835. The van der Waals surface area contributed by atoms with Crippen molar-refractivity contribution in [3.8, 4) is 5.75 Å². The fourth-order valence-corrected chi connectivity index (χ4v) is 3.08. The number of methoxy groups -OCH3 is 1. The van der Waals surface area contributed by atoms with Crippen molar-refractivity contribution < 1.29 is 4.74 Å². The second kappa shape index (κ2) is 7.29. The first-order valence-electron chi connectivity index (χ1n) is 6.82. The summed E-state index contributed by atoms with van der Waals surface area (Å²) in [6, 6.07) is 5.62. The molecule has 21 heavy (non-hydrogen) atoms. The first-order valence-corrected chi connectivity index (χ1v) is 7.99. The standard InChI is InChI=1S/C15H19BrClN3O/c1-4-7-18-14(15-12(16)9-19-20(15)2)11-8-10(17)5-6-13(11)21-3/h5-6,8-9,14,18H,4,7H2,1-3H3. The Kier molecular flexibility index (Phi) is 5.67. The van der Waals surface area contributed by atoms with Gasteiger partial charge in [-0.2, -0.15) is 5.10 Å². The highest BCUT2D eigenvalue weighted by molar-refractivity contribution is 9.10. The van der Waals surface area contributed by atoms with Crippen molar-refractivity contribution >= 4 is 27.5 Å². The molecule has 1 atom stereocenters. The molecular formula is C15H19BrClN3O. The molecule has 0 radical (unpaired) electrons. The highest BCUT2D eigenvalue weighted by atomic mass is 79.9. The summed E-state index contributed by atoms with van der Waals surface area (Å²) in [7, 11) is 3.60. The van der Waals surface area contributed by atoms with Gasteiger partial charge in [-0.15, -0.1) is 0 Å². The van der Waals surface area contributed by atoms with Crippen molar-refractivity contribution in [3.63, 3.8) is 0 Å². The van der Waals surface area contributed by atoms with Gasteiger partial charge in [0.15, 0.2) is 0 Å². The number of ether oxygens (including phenoxy) is 1. The van der Waals surface area contributed by atoms with Crippen LogP contribution in [0.3, 0.4) is 0 Å². The van der Waals surface area contributed by atoms with Gasteiger partial charge >= 0.3 is 0 Å². The summed E-state index contributed by atoms with van der Waals surface area (Å²) >= 11 is 9.75. The molecule has 0 saturated carbocycles. The third kappa shape index (κ3) is 3.59. The van der Waals surface area contributed by atoms with Crippen molar-refractivity contribution in [3.05, 3.63) is 45.1 Å². The van der Waals surface area contributed by atoms with E-state index in [1.54, 1.807) is 13.3 Å². The number of hydrogen-bond donors (Lipinski definition) is 1. The average Bonchev–Trinajstić information content (AvgIpc) is 2.80. The Labute approximate surface area is 138 Å². The molecule has 0 aliphatic heterocycles. The molecule has 0 saturated heterocycles. The maximum Gasteiger partial charge on any atom is 0.124 e. The Hall–Kier alpha value is -1.04. The van der Waals surface area contributed by atoms with E-state index < -0.39 is 0 Å². The average molecular weight is 373 g/mol. The van der Waals surface area contributed by atoms with Gasteiger partial charge in [-0.05, 0) is 47.1 Å².